The number of halogens is 19. The molecule has 0 saturated heterocycles. The van der Waals surface area contributed by atoms with E-state index in [2.05, 4.69) is 49.9 Å². The molecule has 1 nitrogen and oxygen atoms in total. The molecule has 0 atom stereocenters. The summed E-state index contributed by atoms with van der Waals surface area (Å²) in [6, 6.07) is 31.7. The Bertz CT molecular complexity index is 3280. The van der Waals surface area contributed by atoms with Crippen LogP contribution in [-0.4, -0.2) is 0 Å². The molecule has 0 fully saturated rings. The van der Waals surface area contributed by atoms with Crippen molar-refractivity contribution in [3.8, 4) is 0 Å². The van der Waals surface area contributed by atoms with Crippen LogP contribution in [0, 0.1) is 36.8 Å². The van der Waals surface area contributed by atoms with Gasteiger partial charge in [0.05, 0.1) is 23.3 Å². The Morgan fingerprint density at radius 1 is 0.297 bits per heavy atom. The lowest BCUT2D eigenvalue weighted by Crippen LogP contribution is -2.10. The number of aryl methyl sites for hydroxylation is 1. The standard InChI is InChI=1S/C11H10F3N.2C10H10F4.2C10H11F3.C10H12F2.C10H14/c1-7(2)9-6-8(15-3)4-5-10(9)11(12,13)14;1-5(2)6-3-8(11)9(12)4-7(6)10(13)14;1-6(2)8-5-7(11)3-4-9(8)10(12,13)14;1-6(2)9-5-7(11)3-4-8(9)10(12)13;1-7(2)8-5-3-4-6-9(8)10(11,12)13;1-7(2)8-5-3-4-6-9(8)10(11)12;1-8(2)10-7-5-4-6-9(10)3/h4-7H,1-2H3;3-5,10H,1-2H3;3-6H,1-2H3;3-6,10H,1-2H3;3-7H,1-2H3;3-7,10H,1-2H3;4-8H,1-3H3. The molecule has 7 aromatic carbocycles. The van der Waals surface area contributed by atoms with Gasteiger partial charge in [0.1, 0.15) is 11.6 Å². The first-order chi connectivity index (χ1) is 41.9. The van der Waals surface area contributed by atoms with E-state index in [9.17, 15) is 83.4 Å². The summed E-state index contributed by atoms with van der Waals surface area (Å²) in [7, 11) is 0. The highest BCUT2D eigenvalue weighted by Gasteiger charge is 2.36. The van der Waals surface area contributed by atoms with Crippen molar-refractivity contribution in [2.24, 2.45) is 0 Å². The minimum atomic E-state index is -4.41. The molecule has 0 spiro atoms. The maximum Gasteiger partial charge on any atom is 0.416 e. The van der Waals surface area contributed by atoms with Crippen LogP contribution in [0.4, 0.5) is 89.1 Å². The first-order valence-corrected chi connectivity index (χ1v) is 28.8. The molecule has 0 aliphatic heterocycles. The second-order valence-corrected chi connectivity index (χ2v) is 22.8. The van der Waals surface area contributed by atoms with E-state index in [0.29, 0.717) is 23.1 Å². The third-order valence-electron chi connectivity index (χ3n) is 13.5. The molecule has 0 heterocycles. The number of alkyl halides is 15. The fourth-order valence-electron chi connectivity index (χ4n) is 8.86. The van der Waals surface area contributed by atoms with Gasteiger partial charge in [-0.2, -0.15) is 39.5 Å². The molecule has 500 valence electrons. The zero-order valence-corrected chi connectivity index (χ0v) is 53.2. The summed E-state index contributed by atoms with van der Waals surface area (Å²) >= 11 is 0. The Labute approximate surface area is 522 Å². The quantitative estimate of drug-likeness (QED) is 0.0950. The highest BCUT2D eigenvalue weighted by Crippen LogP contribution is 2.39. The van der Waals surface area contributed by atoms with Crippen LogP contribution in [0.15, 0.2) is 140 Å². The molecule has 91 heavy (non-hydrogen) atoms. The van der Waals surface area contributed by atoms with Crippen molar-refractivity contribution >= 4 is 5.69 Å². The summed E-state index contributed by atoms with van der Waals surface area (Å²) in [5.41, 5.74) is 2.64. The fraction of sp³-hybridized carbons (Fsp3) is 0.394. The van der Waals surface area contributed by atoms with Crippen LogP contribution >= 0.6 is 0 Å². The zero-order chi connectivity index (χ0) is 70.2. The van der Waals surface area contributed by atoms with Gasteiger partial charge in [-0.15, -0.1) is 0 Å². The van der Waals surface area contributed by atoms with Crippen molar-refractivity contribution in [1.82, 2.24) is 0 Å². The van der Waals surface area contributed by atoms with Gasteiger partial charge in [0.25, 0.3) is 19.3 Å². The third kappa shape index (κ3) is 27.2. The molecule has 0 radical (unpaired) electrons. The molecule has 0 bridgehead atoms. The summed E-state index contributed by atoms with van der Waals surface area (Å²) in [6.07, 6.45) is -20.7. The number of nitrogens with zero attached hydrogens (tertiary/aromatic N) is 1. The SMILES string of the molecule is CC(C)c1cc(F)c(F)cc1C(F)F.CC(C)c1cc(F)ccc1C(F)(F)F.CC(C)c1cc(F)ccc1C(F)F.CC(C)c1ccccc1C(F)(F)F.CC(C)c1ccccc1C(F)F.Cc1ccccc1C(C)C.[C-]#[N+]c1ccc(C(F)(F)F)c(C(C)C)c1. The Kier molecular flexibility index (Phi) is 33.5. The van der Waals surface area contributed by atoms with Gasteiger partial charge >= 0.3 is 18.5 Å². The van der Waals surface area contributed by atoms with Crippen LogP contribution in [0.5, 0.6) is 0 Å². The second-order valence-electron chi connectivity index (χ2n) is 22.8. The van der Waals surface area contributed by atoms with Crippen LogP contribution in [-0.2, 0) is 18.5 Å². The molecule has 7 aromatic rings. The van der Waals surface area contributed by atoms with Crippen molar-refractivity contribution in [2.75, 3.05) is 0 Å². The monoisotopic (exact) mass is 1310 g/mol. The van der Waals surface area contributed by atoms with Crippen LogP contribution in [0.2, 0.25) is 0 Å². The minimum absolute atomic E-state index is 0.00231. The lowest BCUT2D eigenvalue weighted by atomic mass is 9.96. The van der Waals surface area contributed by atoms with E-state index in [0.717, 1.165) is 54.1 Å². The van der Waals surface area contributed by atoms with E-state index in [-0.39, 0.29) is 69.0 Å². The van der Waals surface area contributed by atoms with E-state index in [1.54, 1.807) is 93.5 Å². The van der Waals surface area contributed by atoms with Crippen molar-refractivity contribution in [1.29, 1.82) is 0 Å². The molecular formula is C71H78F19N. The van der Waals surface area contributed by atoms with Crippen LogP contribution < -0.4 is 0 Å². The van der Waals surface area contributed by atoms with Crippen molar-refractivity contribution in [3.05, 3.63) is 252 Å². The number of hydrogen-bond donors (Lipinski definition) is 0. The number of benzene rings is 7. The summed E-state index contributed by atoms with van der Waals surface area (Å²) in [5, 5.41) is 0. The second kappa shape index (κ2) is 37.3. The summed E-state index contributed by atoms with van der Waals surface area (Å²) in [6.45, 7) is 34.1. The first-order valence-electron chi connectivity index (χ1n) is 28.8. The summed E-state index contributed by atoms with van der Waals surface area (Å²) in [5.74, 6) is -3.63. The van der Waals surface area contributed by atoms with Crippen molar-refractivity contribution in [2.45, 2.75) is 183 Å². The Morgan fingerprint density at radius 2 is 0.593 bits per heavy atom. The van der Waals surface area contributed by atoms with Crippen molar-refractivity contribution in [3.63, 3.8) is 0 Å². The summed E-state index contributed by atoms with van der Waals surface area (Å²) in [4.78, 5) is 3.12. The zero-order valence-electron chi connectivity index (χ0n) is 53.2. The molecule has 0 aliphatic rings. The van der Waals surface area contributed by atoms with Gasteiger partial charge in [-0.25, -0.2) is 48.7 Å². The Morgan fingerprint density at radius 3 is 0.945 bits per heavy atom. The smallest absolute Gasteiger partial charge is 0.238 e. The van der Waals surface area contributed by atoms with E-state index in [4.69, 9.17) is 6.57 Å². The maximum atomic E-state index is 12.8. The first kappa shape index (κ1) is 81.7. The lowest BCUT2D eigenvalue weighted by molar-refractivity contribution is -0.139. The van der Waals surface area contributed by atoms with Gasteiger partial charge < -0.3 is 0 Å². The van der Waals surface area contributed by atoms with Gasteiger partial charge in [0.15, 0.2) is 17.3 Å². The number of hydrogen-bond acceptors (Lipinski definition) is 0. The van der Waals surface area contributed by atoms with E-state index < -0.39 is 83.3 Å². The van der Waals surface area contributed by atoms with Crippen LogP contribution in [0.25, 0.3) is 4.85 Å². The molecule has 0 saturated carbocycles. The molecule has 7 rings (SSSR count). The molecular weight excluding hydrogens is 1230 g/mol. The average Bonchev–Trinajstić information content (AvgIpc) is 1.73. The van der Waals surface area contributed by atoms with Gasteiger partial charge in [-0.05, 0) is 141 Å². The Balaban J connectivity index is 0.000000532. The maximum absolute atomic E-state index is 12.8. The third-order valence-corrected chi connectivity index (χ3v) is 13.5. The molecule has 0 aromatic heterocycles. The summed E-state index contributed by atoms with van der Waals surface area (Å²) < 4.78 is 237. The number of rotatable bonds is 10. The van der Waals surface area contributed by atoms with Crippen LogP contribution in [0.1, 0.15) is 236 Å². The highest BCUT2D eigenvalue weighted by atomic mass is 19.4. The fourth-order valence-corrected chi connectivity index (χ4v) is 8.86. The van der Waals surface area contributed by atoms with Gasteiger partial charge in [-0.3, -0.25) is 0 Å². The van der Waals surface area contributed by atoms with E-state index >= 15 is 0 Å². The normalized spacial score (nSPS) is 11.5. The predicted octanol–water partition coefficient (Wildman–Crippen LogP) is 27.0. The predicted molar refractivity (Wildman–Crippen MR) is 324 cm³/mol. The molecule has 0 unspecified atom stereocenters. The van der Waals surface area contributed by atoms with Crippen LogP contribution in [0.3, 0.4) is 0 Å². The van der Waals surface area contributed by atoms with Gasteiger partial charge in [0, 0.05) is 16.7 Å². The Hall–Kier alpha value is -7.30. The van der Waals surface area contributed by atoms with E-state index in [1.165, 1.54) is 47.5 Å². The molecule has 20 heteroatoms. The van der Waals surface area contributed by atoms with Gasteiger partial charge in [-0.1, -0.05) is 188 Å². The topological polar surface area (TPSA) is 4.36 Å². The largest absolute Gasteiger partial charge is 0.416 e. The van der Waals surface area contributed by atoms with E-state index in [1.807, 2.05) is 13.8 Å². The lowest BCUT2D eigenvalue weighted by Gasteiger charge is -2.15. The molecule has 0 N–H and O–H groups in total. The van der Waals surface area contributed by atoms with Gasteiger partial charge in [0.2, 0.25) is 0 Å². The van der Waals surface area contributed by atoms with Crippen molar-refractivity contribution < 1.29 is 83.4 Å². The molecule has 0 amide bonds. The molecule has 0 aliphatic carbocycles. The highest BCUT2D eigenvalue weighted by molar-refractivity contribution is 5.51. The minimum Gasteiger partial charge on any atom is -0.238 e. The average molecular weight is 1310 g/mol.